The van der Waals surface area contributed by atoms with Gasteiger partial charge in [0.25, 0.3) is 0 Å². The van der Waals surface area contributed by atoms with Gasteiger partial charge in [0.05, 0.1) is 5.71 Å². The van der Waals surface area contributed by atoms with Gasteiger partial charge in [-0.3, -0.25) is 0 Å². The summed E-state index contributed by atoms with van der Waals surface area (Å²) >= 11 is 0. The van der Waals surface area contributed by atoms with E-state index in [9.17, 15) is 0 Å². The Morgan fingerprint density at radius 3 is 2.46 bits per heavy atom. The van der Waals surface area contributed by atoms with E-state index in [0.29, 0.717) is 5.92 Å². The summed E-state index contributed by atoms with van der Waals surface area (Å²) in [5.74, 6) is 0.391. The molecule has 1 aromatic rings. The molecule has 1 aliphatic heterocycles. The summed E-state index contributed by atoms with van der Waals surface area (Å²) in [6.07, 6.45) is 0.112. The minimum Gasteiger partial charge on any atom is -0.387 e. The second-order valence-electron chi connectivity index (χ2n) is 3.46. The van der Waals surface area contributed by atoms with Crippen LogP contribution in [0.5, 0.6) is 0 Å². The number of benzene rings is 1. The van der Waals surface area contributed by atoms with Crippen LogP contribution in [0, 0.1) is 5.92 Å². The number of hydrogen-bond donors (Lipinski definition) is 0. The molecule has 0 amide bonds. The Morgan fingerprint density at radius 1 is 1.23 bits per heavy atom. The summed E-state index contributed by atoms with van der Waals surface area (Å²) in [4.78, 5) is 5.35. The quantitative estimate of drug-likeness (QED) is 0.643. The zero-order chi connectivity index (χ0) is 9.26. The van der Waals surface area contributed by atoms with E-state index in [1.807, 2.05) is 25.1 Å². The standard InChI is InChI=1S/C11H13NO/c1-8-9(2)12-13-11(8)10-6-4-3-5-7-10/h3-8,11H,1-2H3/t8-,11-/m1/s1. The van der Waals surface area contributed by atoms with Gasteiger partial charge in [0.1, 0.15) is 0 Å². The monoisotopic (exact) mass is 175 g/mol. The predicted octanol–water partition coefficient (Wildman–Crippen LogP) is 2.77. The first-order valence-electron chi connectivity index (χ1n) is 4.54. The zero-order valence-electron chi connectivity index (χ0n) is 7.90. The molecule has 1 heterocycles. The summed E-state index contributed by atoms with van der Waals surface area (Å²) in [6.45, 7) is 4.15. The fourth-order valence-electron chi connectivity index (χ4n) is 1.53. The van der Waals surface area contributed by atoms with Gasteiger partial charge in [-0.15, -0.1) is 0 Å². The normalized spacial score (nSPS) is 26.8. The molecule has 0 saturated carbocycles. The maximum Gasteiger partial charge on any atom is 0.160 e. The second kappa shape index (κ2) is 3.21. The van der Waals surface area contributed by atoms with E-state index >= 15 is 0 Å². The lowest BCUT2D eigenvalue weighted by atomic mass is 9.95. The largest absolute Gasteiger partial charge is 0.387 e. The lowest BCUT2D eigenvalue weighted by Crippen LogP contribution is -2.10. The van der Waals surface area contributed by atoms with Gasteiger partial charge in [-0.05, 0) is 12.5 Å². The third-order valence-electron chi connectivity index (χ3n) is 2.55. The maximum absolute atomic E-state index is 5.35. The third-order valence-corrected chi connectivity index (χ3v) is 2.55. The van der Waals surface area contributed by atoms with Crippen LogP contribution in [0.1, 0.15) is 25.5 Å². The molecule has 0 unspecified atom stereocenters. The van der Waals surface area contributed by atoms with Crippen LogP contribution in [-0.2, 0) is 4.84 Å². The summed E-state index contributed by atoms with van der Waals surface area (Å²) < 4.78 is 0. The molecule has 2 nitrogen and oxygen atoms in total. The predicted molar refractivity (Wildman–Crippen MR) is 52.5 cm³/mol. The van der Waals surface area contributed by atoms with Crippen molar-refractivity contribution in [3.05, 3.63) is 35.9 Å². The van der Waals surface area contributed by atoms with Crippen molar-refractivity contribution < 1.29 is 4.84 Å². The Morgan fingerprint density at radius 2 is 1.92 bits per heavy atom. The van der Waals surface area contributed by atoms with Crippen LogP contribution in [-0.4, -0.2) is 5.71 Å². The minimum absolute atomic E-state index is 0.112. The average molecular weight is 175 g/mol. The second-order valence-corrected chi connectivity index (χ2v) is 3.46. The number of nitrogens with zero attached hydrogens (tertiary/aromatic N) is 1. The van der Waals surface area contributed by atoms with Crippen LogP contribution in [0.3, 0.4) is 0 Å². The Bertz CT molecular complexity index is 318. The molecule has 0 saturated heterocycles. The van der Waals surface area contributed by atoms with Crippen LogP contribution >= 0.6 is 0 Å². The number of hydrogen-bond acceptors (Lipinski definition) is 2. The third kappa shape index (κ3) is 1.44. The highest BCUT2D eigenvalue weighted by molar-refractivity contribution is 5.85. The molecule has 0 fully saturated rings. The highest BCUT2D eigenvalue weighted by Gasteiger charge is 2.28. The fraction of sp³-hybridized carbons (Fsp3) is 0.364. The van der Waals surface area contributed by atoms with Crippen LogP contribution in [0.25, 0.3) is 0 Å². The Balaban J connectivity index is 2.22. The SMILES string of the molecule is CC1=NO[C@@H](c2ccccc2)[C@@H]1C. The molecule has 2 heteroatoms. The van der Waals surface area contributed by atoms with Gasteiger partial charge < -0.3 is 4.84 Å². The lowest BCUT2D eigenvalue weighted by Gasteiger charge is -2.13. The maximum atomic E-state index is 5.35. The molecule has 0 radical (unpaired) electrons. The van der Waals surface area contributed by atoms with Gasteiger partial charge in [0.2, 0.25) is 0 Å². The first-order chi connectivity index (χ1) is 6.29. The summed E-state index contributed by atoms with van der Waals surface area (Å²) in [6, 6.07) is 10.2. The molecule has 13 heavy (non-hydrogen) atoms. The average Bonchev–Trinajstić information content (AvgIpc) is 2.49. The van der Waals surface area contributed by atoms with Crippen molar-refractivity contribution in [3.8, 4) is 0 Å². The molecular weight excluding hydrogens is 162 g/mol. The minimum atomic E-state index is 0.112. The highest BCUT2D eigenvalue weighted by Crippen LogP contribution is 2.31. The Labute approximate surface area is 78.2 Å². The Hall–Kier alpha value is -1.31. The number of rotatable bonds is 1. The van der Waals surface area contributed by atoms with Crippen LogP contribution in [0.15, 0.2) is 35.5 Å². The van der Waals surface area contributed by atoms with E-state index in [0.717, 1.165) is 5.71 Å². The van der Waals surface area contributed by atoms with Crippen molar-refractivity contribution in [3.63, 3.8) is 0 Å². The van der Waals surface area contributed by atoms with Crippen molar-refractivity contribution in [1.82, 2.24) is 0 Å². The molecule has 0 N–H and O–H groups in total. The van der Waals surface area contributed by atoms with Crippen LogP contribution < -0.4 is 0 Å². The van der Waals surface area contributed by atoms with E-state index in [-0.39, 0.29) is 6.10 Å². The van der Waals surface area contributed by atoms with Crippen molar-refractivity contribution in [2.45, 2.75) is 20.0 Å². The van der Waals surface area contributed by atoms with E-state index in [4.69, 9.17) is 4.84 Å². The zero-order valence-corrected chi connectivity index (χ0v) is 7.90. The molecule has 0 aromatic heterocycles. The molecule has 0 spiro atoms. The van der Waals surface area contributed by atoms with E-state index in [1.54, 1.807) is 0 Å². The van der Waals surface area contributed by atoms with Crippen molar-refractivity contribution >= 4 is 5.71 Å². The first-order valence-corrected chi connectivity index (χ1v) is 4.54. The van der Waals surface area contributed by atoms with E-state index in [1.165, 1.54) is 5.56 Å². The molecule has 1 aromatic carbocycles. The summed E-state index contributed by atoms with van der Waals surface area (Å²) in [5.41, 5.74) is 2.28. The molecule has 2 rings (SSSR count). The van der Waals surface area contributed by atoms with Crippen LogP contribution in [0.4, 0.5) is 0 Å². The van der Waals surface area contributed by atoms with Gasteiger partial charge in [0, 0.05) is 5.92 Å². The molecule has 68 valence electrons. The van der Waals surface area contributed by atoms with Crippen LogP contribution in [0.2, 0.25) is 0 Å². The number of oxime groups is 1. The molecule has 1 aliphatic rings. The topological polar surface area (TPSA) is 21.6 Å². The van der Waals surface area contributed by atoms with Crippen molar-refractivity contribution in [2.75, 3.05) is 0 Å². The van der Waals surface area contributed by atoms with Gasteiger partial charge in [-0.2, -0.15) is 0 Å². The van der Waals surface area contributed by atoms with E-state index < -0.39 is 0 Å². The fourth-order valence-corrected chi connectivity index (χ4v) is 1.53. The van der Waals surface area contributed by atoms with Gasteiger partial charge in [-0.1, -0.05) is 42.4 Å². The highest BCUT2D eigenvalue weighted by atomic mass is 16.6. The smallest absolute Gasteiger partial charge is 0.160 e. The Kier molecular flexibility index (Phi) is 2.05. The summed E-state index contributed by atoms with van der Waals surface area (Å²) in [5, 5.41) is 3.99. The summed E-state index contributed by atoms with van der Waals surface area (Å²) in [7, 11) is 0. The van der Waals surface area contributed by atoms with Crippen molar-refractivity contribution in [1.29, 1.82) is 0 Å². The molecule has 0 bridgehead atoms. The van der Waals surface area contributed by atoms with Gasteiger partial charge >= 0.3 is 0 Å². The van der Waals surface area contributed by atoms with Gasteiger partial charge in [-0.25, -0.2) is 0 Å². The molecule has 2 atom stereocenters. The molecule has 0 aliphatic carbocycles. The van der Waals surface area contributed by atoms with E-state index in [2.05, 4.69) is 24.2 Å². The molecular formula is C11H13NO. The lowest BCUT2D eigenvalue weighted by molar-refractivity contribution is 0.0653. The first kappa shape index (κ1) is 8.30. The van der Waals surface area contributed by atoms with Crippen molar-refractivity contribution in [2.24, 2.45) is 11.1 Å². The van der Waals surface area contributed by atoms with Gasteiger partial charge in [0.15, 0.2) is 6.10 Å².